The second-order valence-electron chi connectivity index (χ2n) is 5.70. The van der Waals surface area contributed by atoms with E-state index in [1.54, 1.807) is 0 Å². The van der Waals surface area contributed by atoms with E-state index in [4.69, 9.17) is 9.84 Å². The summed E-state index contributed by atoms with van der Waals surface area (Å²) in [5, 5.41) is 11.4. The van der Waals surface area contributed by atoms with Gasteiger partial charge in [-0.15, -0.1) is 0 Å². The molecule has 2 rings (SSSR count). The molecule has 126 valence electrons. The zero-order chi connectivity index (χ0) is 16.7. The molecule has 1 aromatic rings. The van der Waals surface area contributed by atoms with Gasteiger partial charge in [0.25, 0.3) is 0 Å². The molecule has 23 heavy (non-hydrogen) atoms. The average Bonchev–Trinajstić information content (AvgIpc) is 2.54. The Labute approximate surface area is 134 Å². The van der Waals surface area contributed by atoms with Crippen molar-refractivity contribution in [3.8, 4) is 0 Å². The lowest BCUT2D eigenvalue weighted by Crippen LogP contribution is -2.48. The highest BCUT2D eigenvalue weighted by molar-refractivity contribution is 5.67. The first-order chi connectivity index (χ1) is 11.0. The summed E-state index contributed by atoms with van der Waals surface area (Å²) >= 11 is 0. The minimum Gasteiger partial charge on any atom is -0.465 e. The fourth-order valence-corrected chi connectivity index (χ4v) is 2.62. The Morgan fingerprint density at radius 3 is 2.78 bits per heavy atom. The van der Waals surface area contributed by atoms with Crippen molar-refractivity contribution in [1.29, 1.82) is 0 Å². The molecule has 6 nitrogen and oxygen atoms in total. The second-order valence-corrected chi connectivity index (χ2v) is 5.70. The van der Waals surface area contributed by atoms with Gasteiger partial charge in [-0.3, -0.25) is 0 Å². The molecule has 0 aliphatic carbocycles. The van der Waals surface area contributed by atoms with Gasteiger partial charge in [0.15, 0.2) is 0 Å². The standard InChI is InChI=1S/C16H21FN2O4/c17-16(7-4-10-19(12-16)15(21)22)8-9-18-14(20)23-11-13-5-2-1-3-6-13/h1-3,5-6H,4,7-12H2,(H,18,20)(H,21,22). The Balaban J connectivity index is 1.69. The molecule has 1 heterocycles. The number of carbonyl (C=O) groups is 2. The van der Waals surface area contributed by atoms with E-state index in [9.17, 15) is 14.0 Å². The lowest BCUT2D eigenvalue weighted by Gasteiger charge is -2.35. The summed E-state index contributed by atoms with van der Waals surface area (Å²) in [5.74, 6) is 0. The van der Waals surface area contributed by atoms with E-state index in [2.05, 4.69) is 5.32 Å². The number of nitrogens with one attached hydrogen (secondary N) is 1. The van der Waals surface area contributed by atoms with Crippen molar-refractivity contribution in [2.45, 2.75) is 31.5 Å². The van der Waals surface area contributed by atoms with E-state index < -0.39 is 17.9 Å². The van der Waals surface area contributed by atoms with Crippen molar-refractivity contribution in [2.75, 3.05) is 19.6 Å². The molecule has 1 aliphatic rings. The van der Waals surface area contributed by atoms with Gasteiger partial charge in [-0.2, -0.15) is 0 Å². The van der Waals surface area contributed by atoms with Crippen LogP contribution in [0.1, 0.15) is 24.8 Å². The molecule has 2 amide bonds. The summed E-state index contributed by atoms with van der Waals surface area (Å²) in [6.45, 7) is 0.467. The van der Waals surface area contributed by atoms with Crippen LogP contribution in [0.15, 0.2) is 30.3 Å². The number of halogens is 1. The number of piperidine rings is 1. The minimum atomic E-state index is -1.59. The monoisotopic (exact) mass is 324 g/mol. The SMILES string of the molecule is O=C(NCCC1(F)CCCN(C(=O)O)C1)OCc1ccccc1. The van der Waals surface area contributed by atoms with Crippen LogP contribution in [0.5, 0.6) is 0 Å². The molecule has 0 bridgehead atoms. The summed E-state index contributed by atoms with van der Waals surface area (Å²) in [5.41, 5.74) is -0.724. The molecule has 1 atom stereocenters. The topological polar surface area (TPSA) is 78.9 Å². The molecular weight excluding hydrogens is 303 g/mol. The number of carbonyl (C=O) groups excluding carboxylic acids is 1. The Hall–Kier alpha value is -2.31. The van der Waals surface area contributed by atoms with Crippen molar-refractivity contribution in [3.63, 3.8) is 0 Å². The van der Waals surface area contributed by atoms with Crippen LogP contribution in [0, 0.1) is 0 Å². The van der Waals surface area contributed by atoms with Gasteiger partial charge in [0.1, 0.15) is 12.3 Å². The van der Waals surface area contributed by atoms with Crippen molar-refractivity contribution in [2.24, 2.45) is 0 Å². The van der Waals surface area contributed by atoms with E-state index in [-0.39, 0.29) is 26.1 Å². The zero-order valence-electron chi connectivity index (χ0n) is 12.8. The highest BCUT2D eigenvalue weighted by Gasteiger charge is 2.37. The summed E-state index contributed by atoms with van der Waals surface area (Å²) in [6.07, 6.45) is -0.860. The van der Waals surface area contributed by atoms with Crippen molar-refractivity contribution < 1.29 is 23.8 Å². The molecule has 1 saturated heterocycles. The quantitative estimate of drug-likeness (QED) is 0.873. The highest BCUT2D eigenvalue weighted by Crippen LogP contribution is 2.28. The molecule has 1 unspecified atom stereocenters. The molecule has 0 aromatic heterocycles. The number of alkyl carbamates (subject to hydrolysis) is 1. The largest absolute Gasteiger partial charge is 0.465 e. The smallest absolute Gasteiger partial charge is 0.407 e. The molecule has 1 aliphatic heterocycles. The van der Waals surface area contributed by atoms with Crippen molar-refractivity contribution >= 4 is 12.2 Å². The number of amides is 2. The fourth-order valence-electron chi connectivity index (χ4n) is 2.62. The zero-order valence-corrected chi connectivity index (χ0v) is 12.8. The fraction of sp³-hybridized carbons (Fsp3) is 0.500. The number of rotatable bonds is 5. The normalized spacial score (nSPS) is 20.8. The van der Waals surface area contributed by atoms with Gasteiger partial charge in [-0.05, 0) is 18.4 Å². The van der Waals surface area contributed by atoms with Crippen LogP contribution in [-0.4, -0.2) is 47.5 Å². The van der Waals surface area contributed by atoms with Crippen molar-refractivity contribution in [1.82, 2.24) is 10.2 Å². The Bertz CT molecular complexity index is 540. The molecule has 2 N–H and O–H groups in total. The minimum absolute atomic E-state index is 0.0667. The van der Waals surface area contributed by atoms with Crippen LogP contribution in [0.2, 0.25) is 0 Å². The predicted octanol–water partition coefficient (Wildman–Crippen LogP) is 2.79. The Morgan fingerprint density at radius 1 is 1.35 bits per heavy atom. The van der Waals surface area contributed by atoms with E-state index in [0.717, 1.165) is 10.5 Å². The lowest BCUT2D eigenvalue weighted by molar-refractivity contribution is 0.0390. The van der Waals surface area contributed by atoms with Crippen LogP contribution >= 0.6 is 0 Å². The molecule has 0 spiro atoms. The van der Waals surface area contributed by atoms with Gasteiger partial charge < -0.3 is 20.1 Å². The first-order valence-electron chi connectivity index (χ1n) is 7.60. The van der Waals surface area contributed by atoms with E-state index in [1.165, 1.54) is 0 Å². The van der Waals surface area contributed by atoms with Gasteiger partial charge in [0.2, 0.25) is 0 Å². The van der Waals surface area contributed by atoms with Gasteiger partial charge in [-0.1, -0.05) is 30.3 Å². The van der Waals surface area contributed by atoms with Gasteiger partial charge in [-0.25, -0.2) is 14.0 Å². The van der Waals surface area contributed by atoms with Gasteiger partial charge in [0.05, 0.1) is 6.54 Å². The van der Waals surface area contributed by atoms with Crippen LogP contribution in [-0.2, 0) is 11.3 Å². The molecular formula is C16H21FN2O4. The first-order valence-corrected chi connectivity index (χ1v) is 7.60. The summed E-state index contributed by atoms with van der Waals surface area (Å²) < 4.78 is 19.6. The third-order valence-electron chi connectivity index (χ3n) is 3.85. The highest BCUT2D eigenvalue weighted by atomic mass is 19.1. The maximum atomic E-state index is 14.6. The Morgan fingerprint density at radius 2 is 2.09 bits per heavy atom. The number of nitrogens with zero attached hydrogens (tertiary/aromatic N) is 1. The predicted molar refractivity (Wildman–Crippen MR) is 81.9 cm³/mol. The first kappa shape index (κ1) is 17.1. The number of likely N-dealkylation sites (tertiary alicyclic amines) is 1. The molecule has 1 aromatic carbocycles. The molecule has 7 heteroatoms. The number of ether oxygens (including phenoxy) is 1. The summed E-state index contributed by atoms with van der Waals surface area (Å²) in [6, 6.07) is 9.25. The maximum absolute atomic E-state index is 14.6. The average molecular weight is 324 g/mol. The number of hydrogen-bond donors (Lipinski definition) is 2. The number of alkyl halides is 1. The number of benzene rings is 1. The number of carboxylic acid groups (broad SMARTS) is 1. The van der Waals surface area contributed by atoms with Gasteiger partial charge in [0, 0.05) is 19.5 Å². The van der Waals surface area contributed by atoms with Crippen LogP contribution in [0.25, 0.3) is 0 Å². The molecule has 1 fully saturated rings. The van der Waals surface area contributed by atoms with Crippen molar-refractivity contribution in [3.05, 3.63) is 35.9 Å². The Kier molecular flexibility index (Phi) is 5.78. The van der Waals surface area contributed by atoms with Crippen LogP contribution in [0.4, 0.5) is 14.0 Å². The molecule has 0 radical (unpaired) electrons. The number of hydrogen-bond acceptors (Lipinski definition) is 3. The van der Waals surface area contributed by atoms with E-state index in [0.29, 0.717) is 19.4 Å². The lowest BCUT2D eigenvalue weighted by atomic mass is 9.91. The third kappa shape index (κ3) is 5.43. The van der Waals surface area contributed by atoms with Crippen LogP contribution < -0.4 is 5.32 Å². The van der Waals surface area contributed by atoms with Gasteiger partial charge >= 0.3 is 12.2 Å². The summed E-state index contributed by atoms with van der Waals surface area (Å²) in [7, 11) is 0. The maximum Gasteiger partial charge on any atom is 0.407 e. The van der Waals surface area contributed by atoms with E-state index >= 15 is 0 Å². The molecule has 0 saturated carbocycles. The van der Waals surface area contributed by atoms with E-state index in [1.807, 2.05) is 30.3 Å². The third-order valence-corrected chi connectivity index (χ3v) is 3.85. The summed E-state index contributed by atoms with van der Waals surface area (Å²) in [4.78, 5) is 23.6. The van der Waals surface area contributed by atoms with Crippen LogP contribution in [0.3, 0.4) is 0 Å². The second kappa shape index (κ2) is 7.80.